The van der Waals surface area contributed by atoms with E-state index in [9.17, 15) is 18.8 Å². The highest BCUT2D eigenvalue weighted by atomic mass is 19.1. The molecule has 0 fully saturated rings. The third kappa shape index (κ3) is 5.90. The molecule has 0 aliphatic heterocycles. The lowest BCUT2D eigenvalue weighted by molar-refractivity contribution is -0.121. The molecule has 0 aromatic heterocycles. The molecule has 0 radical (unpaired) electrons. The number of nitrogens with zero attached hydrogens (tertiary/aromatic N) is 1. The number of benzene rings is 2. The summed E-state index contributed by atoms with van der Waals surface area (Å²) in [5.41, 5.74) is 1.50. The highest BCUT2D eigenvalue weighted by Gasteiger charge is 2.14. The van der Waals surface area contributed by atoms with E-state index in [4.69, 9.17) is 0 Å². The first kappa shape index (κ1) is 21.1. The van der Waals surface area contributed by atoms with Crippen molar-refractivity contribution in [2.75, 3.05) is 25.1 Å². The van der Waals surface area contributed by atoms with Crippen LogP contribution in [0.4, 0.5) is 10.1 Å². The van der Waals surface area contributed by atoms with Crippen molar-refractivity contribution in [3.8, 4) is 0 Å². The van der Waals surface area contributed by atoms with Crippen LogP contribution in [0.25, 0.3) is 0 Å². The van der Waals surface area contributed by atoms with Crippen LogP contribution in [0, 0.1) is 5.82 Å². The zero-order chi connectivity index (χ0) is 20.5. The van der Waals surface area contributed by atoms with E-state index in [2.05, 4.69) is 10.1 Å². The van der Waals surface area contributed by atoms with E-state index < -0.39 is 5.97 Å². The van der Waals surface area contributed by atoms with Gasteiger partial charge in [0.2, 0.25) is 11.8 Å². The van der Waals surface area contributed by atoms with E-state index >= 15 is 0 Å². The third-order valence-corrected chi connectivity index (χ3v) is 4.22. The van der Waals surface area contributed by atoms with Crippen LogP contribution in [0.1, 0.15) is 29.3 Å². The third-order valence-electron chi connectivity index (χ3n) is 4.22. The molecular formula is C21H23FN2O4. The Morgan fingerprint density at radius 1 is 1.07 bits per heavy atom. The fourth-order valence-corrected chi connectivity index (χ4v) is 2.70. The SMILES string of the molecule is COC(=O)c1ccc(N(CCC(=O)NCCc2ccccc2F)C(C)=O)cc1. The van der Waals surface area contributed by atoms with Crippen molar-refractivity contribution in [1.82, 2.24) is 5.32 Å². The molecule has 0 aliphatic carbocycles. The van der Waals surface area contributed by atoms with E-state index in [1.165, 1.54) is 25.0 Å². The van der Waals surface area contributed by atoms with Crippen molar-refractivity contribution in [2.24, 2.45) is 0 Å². The lowest BCUT2D eigenvalue weighted by atomic mass is 10.1. The summed E-state index contributed by atoms with van der Waals surface area (Å²) in [7, 11) is 1.29. The first-order valence-corrected chi connectivity index (χ1v) is 8.89. The van der Waals surface area contributed by atoms with Crippen LogP contribution in [0.15, 0.2) is 48.5 Å². The second kappa shape index (κ2) is 10.2. The number of ether oxygens (including phenoxy) is 1. The molecule has 0 spiro atoms. The number of anilines is 1. The molecule has 7 heteroatoms. The van der Waals surface area contributed by atoms with Crippen LogP contribution in [0.3, 0.4) is 0 Å². The fraction of sp³-hybridized carbons (Fsp3) is 0.286. The molecule has 2 aromatic carbocycles. The number of hydrogen-bond donors (Lipinski definition) is 1. The van der Waals surface area contributed by atoms with Crippen LogP contribution in [0.5, 0.6) is 0 Å². The lowest BCUT2D eigenvalue weighted by Crippen LogP contribution is -2.34. The maximum absolute atomic E-state index is 13.6. The Morgan fingerprint density at radius 3 is 2.36 bits per heavy atom. The molecule has 2 rings (SSSR count). The van der Waals surface area contributed by atoms with Gasteiger partial charge in [0, 0.05) is 32.1 Å². The summed E-state index contributed by atoms with van der Waals surface area (Å²) in [4.78, 5) is 36.9. The van der Waals surface area contributed by atoms with Gasteiger partial charge >= 0.3 is 5.97 Å². The Kier molecular flexibility index (Phi) is 7.68. The second-order valence-electron chi connectivity index (χ2n) is 6.15. The van der Waals surface area contributed by atoms with Gasteiger partial charge in [-0.1, -0.05) is 18.2 Å². The highest BCUT2D eigenvalue weighted by Crippen LogP contribution is 2.16. The molecular weight excluding hydrogens is 363 g/mol. The average Bonchev–Trinajstić information content (AvgIpc) is 2.69. The van der Waals surface area contributed by atoms with Gasteiger partial charge in [0.05, 0.1) is 12.7 Å². The topological polar surface area (TPSA) is 75.7 Å². The summed E-state index contributed by atoms with van der Waals surface area (Å²) < 4.78 is 18.2. The monoisotopic (exact) mass is 386 g/mol. The van der Waals surface area contributed by atoms with Gasteiger partial charge in [-0.3, -0.25) is 9.59 Å². The van der Waals surface area contributed by atoms with Gasteiger partial charge in [-0.2, -0.15) is 0 Å². The first-order chi connectivity index (χ1) is 13.4. The molecule has 1 N–H and O–H groups in total. The molecule has 2 amide bonds. The molecule has 2 aromatic rings. The molecule has 0 saturated heterocycles. The summed E-state index contributed by atoms with van der Waals surface area (Å²) in [6.45, 7) is 1.91. The van der Waals surface area contributed by atoms with Gasteiger partial charge < -0.3 is 15.0 Å². The lowest BCUT2D eigenvalue weighted by Gasteiger charge is -2.21. The van der Waals surface area contributed by atoms with E-state index in [1.54, 1.807) is 42.5 Å². The van der Waals surface area contributed by atoms with Crippen molar-refractivity contribution < 1.29 is 23.5 Å². The summed E-state index contributed by atoms with van der Waals surface area (Å²) in [5.74, 6) is -1.20. The van der Waals surface area contributed by atoms with Crippen molar-refractivity contribution >= 4 is 23.5 Å². The maximum Gasteiger partial charge on any atom is 0.337 e. The smallest absolute Gasteiger partial charge is 0.337 e. The number of carbonyl (C=O) groups is 3. The Bertz CT molecular complexity index is 837. The summed E-state index contributed by atoms with van der Waals surface area (Å²) >= 11 is 0. The van der Waals surface area contributed by atoms with Crippen molar-refractivity contribution in [3.63, 3.8) is 0 Å². The average molecular weight is 386 g/mol. The van der Waals surface area contributed by atoms with Gasteiger partial charge in [0.1, 0.15) is 5.82 Å². The molecule has 0 unspecified atom stereocenters. The van der Waals surface area contributed by atoms with Crippen LogP contribution in [0.2, 0.25) is 0 Å². The van der Waals surface area contributed by atoms with Crippen LogP contribution >= 0.6 is 0 Å². The van der Waals surface area contributed by atoms with E-state index in [-0.39, 0.29) is 30.6 Å². The maximum atomic E-state index is 13.6. The second-order valence-corrected chi connectivity index (χ2v) is 6.15. The standard InChI is InChI=1S/C21H23FN2O4/c1-15(25)24(18-9-7-17(8-10-18)21(27)28-2)14-12-20(26)23-13-11-16-5-3-4-6-19(16)22/h3-10H,11-14H2,1-2H3,(H,23,26). The van der Waals surface area contributed by atoms with E-state index in [1.807, 2.05) is 0 Å². The van der Waals surface area contributed by atoms with Gasteiger partial charge in [-0.25, -0.2) is 9.18 Å². The Balaban J connectivity index is 1.87. The number of nitrogens with one attached hydrogen (secondary N) is 1. The molecule has 0 saturated carbocycles. The largest absolute Gasteiger partial charge is 0.465 e. The molecule has 0 heterocycles. The molecule has 0 aliphatic rings. The number of esters is 1. The number of halogens is 1. The molecule has 6 nitrogen and oxygen atoms in total. The first-order valence-electron chi connectivity index (χ1n) is 8.89. The van der Waals surface area contributed by atoms with Crippen LogP contribution < -0.4 is 10.2 Å². The predicted octanol–water partition coefficient (Wildman–Crippen LogP) is 2.71. The number of hydrogen-bond acceptors (Lipinski definition) is 4. The number of amides is 2. The predicted molar refractivity (Wildman–Crippen MR) is 104 cm³/mol. The molecule has 0 atom stereocenters. The molecule has 148 valence electrons. The van der Waals surface area contributed by atoms with E-state index in [0.717, 1.165) is 0 Å². The van der Waals surface area contributed by atoms with Gasteiger partial charge in [-0.15, -0.1) is 0 Å². The quantitative estimate of drug-likeness (QED) is 0.708. The summed E-state index contributed by atoms with van der Waals surface area (Å²) in [6.07, 6.45) is 0.499. The van der Waals surface area contributed by atoms with Crippen molar-refractivity contribution in [3.05, 3.63) is 65.5 Å². The Hall–Kier alpha value is -3.22. The number of carbonyl (C=O) groups excluding carboxylic acids is 3. The zero-order valence-electron chi connectivity index (χ0n) is 15.9. The van der Waals surface area contributed by atoms with Gasteiger partial charge in [0.25, 0.3) is 0 Å². The van der Waals surface area contributed by atoms with Crippen molar-refractivity contribution in [1.29, 1.82) is 0 Å². The van der Waals surface area contributed by atoms with E-state index in [0.29, 0.717) is 29.8 Å². The summed E-state index contributed by atoms with van der Waals surface area (Å²) in [5, 5.41) is 2.73. The minimum atomic E-state index is -0.463. The van der Waals surface area contributed by atoms with Crippen LogP contribution in [-0.2, 0) is 20.7 Å². The Morgan fingerprint density at radius 2 is 1.75 bits per heavy atom. The highest BCUT2D eigenvalue weighted by molar-refractivity contribution is 5.94. The number of methoxy groups -OCH3 is 1. The van der Waals surface area contributed by atoms with Gasteiger partial charge in [-0.05, 0) is 42.3 Å². The minimum absolute atomic E-state index is 0.107. The minimum Gasteiger partial charge on any atom is -0.465 e. The fourth-order valence-electron chi connectivity index (χ4n) is 2.70. The Labute approximate surface area is 163 Å². The molecule has 28 heavy (non-hydrogen) atoms. The van der Waals surface area contributed by atoms with Crippen molar-refractivity contribution in [2.45, 2.75) is 19.8 Å². The summed E-state index contributed by atoms with van der Waals surface area (Å²) in [6, 6.07) is 12.8. The normalized spacial score (nSPS) is 10.2. The molecule has 0 bridgehead atoms. The van der Waals surface area contributed by atoms with Gasteiger partial charge in [0.15, 0.2) is 0 Å². The number of rotatable bonds is 8. The van der Waals surface area contributed by atoms with Crippen LogP contribution in [-0.4, -0.2) is 38.0 Å². The zero-order valence-corrected chi connectivity index (χ0v) is 15.9.